The van der Waals surface area contributed by atoms with Crippen LogP contribution in [0.25, 0.3) is 0 Å². The molecule has 0 aliphatic heterocycles. The van der Waals surface area contributed by atoms with E-state index in [4.69, 9.17) is 10.8 Å². The van der Waals surface area contributed by atoms with Crippen molar-refractivity contribution < 1.29 is 9.90 Å². The number of rotatable bonds is 7. The smallest absolute Gasteiger partial charge is 0.303 e. The molecule has 1 aliphatic carbocycles. The van der Waals surface area contributed by atoms with Crippen molar-refractivity contribution in [2.24, 2.45) is 23.5 Å². The van der Waals surface area contributed by atoms with E-state index in [2.05, 4.69) is 6.92 Å². The quantitative estimate of drug-likeness (QED) is 0.702. The van der Waals surface area contributed by atoms with Crippen LogP contribution in [0.3, 0.4) is 0 Å². The van der Waals surface area contributed by atoms with E-state index < -0.39 is 5.97 Å². The highest BCUT2D eigenvalue weighted by atomic mass is 16.4. The van der Waals surface area contributed by atoms with Gasteiger partial charge in [-0.1, -0.05) is 32.6 Å². The second kappa shape index (κ2) is 6.89. The van der Waals surface area contributed by atoms with Crippen LogP contribution in [0.4, 0.5) is 0 Å². The standard InChI is InChI=1S/C13H25NO2/c1-10(6-11-4-2-3-5-11)7-12(9-14)8-13(15)16/h10-12H,2-9,14H2,1H3,(H,15,16)/t10?,12-/m0/s1. The van der Waals surface area contributed by atoms with Crippen molar-refractivity contribution in [2.45, 2.75) is 51.9 Å². The summed E-state index contributed by atoms with van der Waals surface area (Å²) in [7, 11) is 0. The molecule has 0 aromatic rings. The molecule has 1 fully saturated rings. The number of carbonyl (C=O) groups is 1. The van der Waals surface area contributed by atoms with E-state index in [1.807, 2.05) is 0 Å². The Labute approximate surface area is 98.4 Å². The number of carboxylic acids is 1. The number of aliphatic carboxylic acids is 1. The second-order valence-corrected chi connectivity index (χ2v) is 5.43. The molecule has 0 radical (unpaired) electrons. The zero-order valence-electron chi connectivity index (χ0n) is 10.3. The summed E-state index contributed by atoms with van der Waals surface area (Å²) in [6.07, 6.45) is 7.97. The van der Waals surface area contributed by atoms with Crippen LogP contribution < -0.4 is 5.73 Å². The van der Waals surface area contributed by atoms with Crippen LogP contribution in [0.15, 0.2) is 0 Å². The summed E-state index contributed by atoms with van der Waals surface area (Å²) >= 11 is 0. The van der Waals surface area contributed by atoms with Gasteiger partial charge in [0.25, 0.3) is 0 Å². The van der Waals surface area contributed by atoms with Gasteiger partial charge in [0.05, 0.1) is 0 Å². The van der Waals surface area contributed by atoms with E-state index in [-0.39, 0.29) is 12.3 Å². The van der Waals surface area contributed by atoms with Crippen LogP contribution in [-0.2, 0) is 4.79 Å². The largest absolute Gasteiger partial charge is 0.481 e. The first kappa shape index (κ1) is 13.5. The molecule has 0 bridgehead atoms. The second-order valence-electron chi connectivity index (χ2n) is 5.43. The van der Waals surface area contributed by atoms with Crippen molar-refractivity contribution in [1.29, 1.82) is 0 Å². The van der Waals surface area contributed by atoms with E-state index in [9.17, 15) is 4.79 Å². The Morgan fingerprint density at radius 2 is 2.06 bits per heavy atom. The average Bonchev–Trinajstić information content (AvgIpc) is 2.68. The number of nitrogens with two attached hydrogens (primary N) is 1. The van der Waals surface area contributed by atoms with E-state index in [1.54, 1.807) is 0 Å². The third-order valence-electron chi connectivity index (χ3n) is 3.74. The zero-order valence-corrected chi connectivity index (χ0v) is 10.3. The number of hydrogen-bond donors (Lipinski definition) is 2. The summed E-state index contributed by atoms with van der Waals surface area (Å²) in [6, 6.07) is 0. The molecular weight excluding hydrogens is 202 g/mol. The predicted octanol–water partition coefficient (Wildman–Crippen LogP) is 2.64. The lowest BCUT2D eigenvalue weighted by Gasteiger charge is -2.20. The van der Waals surface area contributed by atoms with Gasteiger partial charge in [0.2, 0.25) is 0 Å². The van der Waals surface area contributed by atoms with Crippen molar-refractivity contribution in [3.05, 3.63) is 0 Å². The van der Waals surface area contributed by atoms with Gasteiger partial charge >= 0.3 is 5.97 Å². The zero-order chi connectivity index (χ0) is 12.0. The lowest BCUT2D eigenvalue weighted by molar-refractivity contribution is -0.138. The summed E-state index contributed by atoms with van der Waals surface area (Å²) in [6.45, 7) is 2.74. The summed E-state index contributed by atoms with van der Waals surface area (Å²) in [5.74, 6) is 0.951. The fraction of sp³-hybridized carbons (Fsp3) is 0.923. The lowest BCUT2D eigenvalue weighted by atomic mass is 9.86. The van der Waals surface area contributed by atoms with E-state index in [0.29, 0.717) is 12.5 Å². The molecule has 3 nitrogen and oxygen atoms in total. The van der Waals surface area contributed by atoms with Crippen LogP contribution in [-0.4, -0.2) is 17.6 Å². The molecule has 1 saturated carbocycles. The summed E-state index contributed by atoms with van der Waals surface area (Å²) in [4.78, 5) is 10.6. The first-order chi connectivity index (χ1) is 7.61. The van der Waals surface area contributed by atoms with Crippen LogP contribution in [0.5, 0.6) is 0 Å². The molecule has 0 heterocycles. The highest BCUT2D eigenvalue weighted by molar-refractivity contribution is 5.67. The van der Waals surface area contributed by atoms with Crippen LogP contribution >= 0.6 is 0 Å². The Bertz CT molecular complexity index is 212. The molecule has 1 unspecified atom stereocenters. The summed E-state index contributed by atoms with van der Waals surface area (Å²) in [5, 5.41) is 8.76. The monoisotopic (exact) mass is 227 g/mol. The van der Waals surface area contributed by atoms with Gasteiger partial charge in [-0.05, 0) is 37.1 Å². The van der Waals surface area contributed by atoms with Crippen molar-refractivity contribution in [2.75, 3.05) is 6.54 Å². The highest BCUT2D eigenvalue weighted by Gasteiger charge is 2.20. The molecular formula is C13H25NO2. The maximum Gasteiger partial charge on any atom is 0.303 e. The van der Waals surface area contributed by atoms with Crippen molar-refractivity contribution in [3.8, 4) is 0 Å². The van der Waals surface area contributed by atoms with E-state index >= 15 is 0 Å². The minimum Gasteiger partial charge on any atom is -0.481 e. The van der Waals surface area contributed by atoms with Crippen molar-refractivity contribution in [1.82, 2.24) is 0 Å². The Morgan fingerprint density at radius 1 is 1.44 bits per heavy atom. The third kappa shape index (κ3) is 4.97. The maximum absolute atomic E-state index is 10.6. The topological polar surface area (TPSA) is 63.3 Å². The van der Waals surface area contributed by atoms with Gasteiger partial charge in [-0.15, -0.1) is 0 Å². The minimum atomic E-state index is -0.719. The minimum absolute atomic E-state index is 0.161. The first-order valence-corrected chi connectivity index (χ1v) is 6.53. The van der Waals surface area contributed by atoms with Crippen LogP contribution in [0.2, 0.25) is 0 Å². The highest BCUT2D eigenvalue weighted by Crippen LogP contribution is 2.32. The Kier molecular flexibility index (Phi) is 5.81. The first-order valence-electron chi connectivity index (χ1n) is 6.53. The molecule has 16 heavy (non-hydrogen) atoms. The van der Waals surface area contributed by atoms with Gasteiger partial charge in [-0.2, -0.15) is 0 Å². The molecule has 1 rings (SSSR count). The summed E-state index contributed by atoms with van der Waals surface area (Å²) in [5.41, 5.74) is 5.61. The number of hydrogen-bond acceptors (Lipinski definition) is 2. The number of carboxylic acid groups (broad SMARTS) is 1. The SMILES string of the molecule is CC(CC1CCCC1)C[C@H](CN)CC(=O)O. The molecule has 3 N–H and O–H groups in total. The van der Waals surface area contributed by atoms with Crippen LogP contribution in [0, 0.1) is 17.8 Å². The van der Waals surface area contributed by atoms with Gasteiger partial charge in [-0.3, -0.25) is 4.79 Å². The molecule has 0 spiro atoms. The molecule has 94 valence electrons. The molecule has 2 atom stereocenters. The summed E-state index contributed by atoms with van der Waals surface area (Å²) < 4.78 is 0. The van der Waals surface area contributed by atoms with Gasteiger partial charge < -0.3 is 10.8 Å². The molecule has 3 heteroatoms. The maximum atomic E-state index is 10.6. The predicted molar refractivity (Wildman–Crippen MR) is 65.2 cm³/mol. The van der Waals surface area contributed by atoms with Gasteiger partial charge in [-0.25, -0.2) is 0 Å². The molecule has 0 aromatic carbocycles. The molecule has 0 saturated heterocycles. The molecule has 0 amide bonds. The Hall–Kier alpha value is -0.570. The van der Waals surface area contributed by atoms with Crippen molar-refractivity contribution in [3.63, 3.8) is 0 Å². The molecule has 1 aliphatic rings. The van der Waals surface area contributed by atoms with Gasteiger partial charge in [0, 0.05) is 6.42 Å². The lowest BCUT2D eigenvalue weighted by Crippen LogP contribution is -2.21. The normalized spacial score (nSPS) is 20.9. The fourth-order valence-corrected chi connectivity index (χ4v) is 2.99. The Morgan fingerprint density at radius 3 is 2.56 bits per heavy atom. The van der Waals surface area contributed by atoms with Crippen LogP contribution in [0.1, 0.15) is 51.9 Å². The fourth-order valence-electron chi connectivity index (χ4n) is 2.99. The van der Waals surface area contributed by atoms with Gasteiger partial charge in [0.15, 0.2) is 0 Å². The van der Waals surface area contributed by atoms with Gasteiger partial charge in [0.1, 0.15) is 0 Å². The average molecular weight is 227 g/mol. The third-order valence-corrected chi connectivity index (χ3v) is 3.74. The van der Waals surface area contributed by atoms with E-state index in [0.717, 1.165) is 12.3 Å². The molecule has 0 aromatic heterocycles. The van der Waals surface area contributed by atoms with Crippen molar-refractivity contribution >= 4 is 5.97 Å². The van der Waals surface area contributed by atoms with E-state index in [1.165, 1.54) is 32.1 Å². The Balaban J connectivity index is 2.24.